The van der Waals surface area contributed by atoms with Gasteiger partial charge in [0.1, 0.15) is 0 Å². The van der Waals surface area contributed by atoms with Crippen molar-refractivity contribution in [2.75, 3.05) is 7.11 Å². The van der Waals surface area contributed by atoms with Gasteiger partial charge in [-0.2, -0.15) is 0 Å². The van der Waals surface area contributed by atoms with Crippen molar-refractivity contribution in [3.8, 4) is 6.07 Å². The Morgan fingerprint density at radius 1 is 1.22 bits per heavy atom. The van der Waals surface area contributed by atoms with E-state index < -0.39 is 5.97 Å². The molecule has 114 valence electrons. The number of carbonyl (C=O) groups is 1. The molecule has 0 aliphatic rings. The standard InChI is InChI=1S/C17H12N2O2Se2/c1-11-8-13(5-4-12(11)10-18)22-23-14-6-7-16(19-2)15(9-14)17(20)21-3/h4-9H,1,3H3. The van der Waals surface area contributed by atoms with E-state index in [0.717, 1.165) is 10.0 Å². The van der Waals surface area contributed by atoms with Crippen LogP contribution in [0.3, 0.4) is 0 Å². The van der Waals surface area contributed by atoms with Crippen LogP contribution < -0.4 is 8.92 Å². The van der Waals surface area contributed by atoms with Crippen LogP contribution in [0.5, 0.6) is 0 Å². The summed E-state index contributed by atoms with van der Waals surface area (Å²) < 4.78 is 7.02. The Morgan fingerprint density at radius 2 is 1.87 bits per heavy atom. The molecule has 0 fully saturated rings. The number of ether oxygens (including phenoxy) is 1. The number of carbonyl (C=O) groups excluding carboxylic acids is 1. The molecular weight excluding hydrogens is 422 g/mol. The molecule has 2 aromatic carbocycles. The van der Waals surface area contributed by atoms with E-state index in [1.54, 1.807) is 12.1 Å². The van der Waals surface area contributed by atoms with Crippen LogP contribution in [0, 0.1) is 24.8 Å². The van der Waals surface area contributed by atoms with Crippen molar-refractivity contribution in [1.29, 1.82) is 5.26 Å². The molecule has 23 heavy (non-hydrogen) atoms. The maximum absolute atomic E-state index is 11.8. The molecule has 0 spiro atoms. The molecule has 0 bridgehead atoms. The van der Waals surface area contributed by atoms with Gasteiger partial charge in [0.05, 0.1) is 0 Å². The first-order valence-corrected chi connectivity index (χ1v) is 12.6. The summed E-state index contributed by atoms with van der Waals surface area (Å²) in [5.74, 6) is -0.477. The molecule has 0 unspecified atom stereocenters. The Bertz CT molecular complexity index is 835. The van der Waals surface area contributed by atoms with Gasteiger partial charge in [-0.25, -0.2) is 0 Å². The fourth-order valence-electron chi connectivity index (χ4n) is 1.85. The Labute approximate surface area is 146 Å². The number of esters is 1. The van der Waals surface area contributed by atoms with Gasteiger partial charge in [0.2, 0.25) is 0 Å². The Hall–Kier alpha value is -2.07. The van der Waals surface area contributed by atoms with E-state index in [1.165, 1.54) is 11.6 Å². The van der Waals surface area contributed by atoms with E-state index >= 15 is 0 Å². The van der Waals surface area contributed by atoms with Crippen LogP contribution >= 0.6 is 0 Å². The summed E-state index contributed by atoms with van der Waals surface area (Å²) in [6, 6.07) is 13.4. The van der Waals surface area contributed by atoms with Crippen LogP contribution in [-0.4, -0.2) is 39.3 Å². The third kappa shape index (κ3) is 4.23. The molecule has 0 N–H and O–H groups in total. The van der Waals surface area contributed by atoms with Crippen LogP contribution in [-0.2, 0) is 4.74 Å². The average molecular weight is 434 g/mol. The van der Waals surface area contributed by atoms with Crippen molar-refractivity contribution in [3.63, 3.8) is 0 Å². The second-order valence-corrected chi connectivity index (χ2v) is 10.8. The first-order chi connectivity index (χ1) is 11.1. The van der Waals surface area contributed by atoms with Crippen molar-refractivity contribution in [2.45, 2.75) is 6.92 Å². The predicted molar refractivity (Wildman–Crippen MR) is 90.7 cm³/mol. The zero-order valence-corrected chi connectivity index (χ0v) is 15.9. The van der Waals surface area contributed by atoms with Crippen LogP contribution in [0.15, 0.2) is 36.4 Å². The number of hydrogen-bond donors (Lipinski definition) is 0. The third-order valence-corrected chi connectivity index (χ3v) is 10.2. The van der Waals surface area contributed by atoms with E-state index in [4.69, 9.17) is 16.6 Å². The van der Waals surface area contributed by atoms with Crippen molar-refractivity contribution in [1.82, 2.24) is 0 Å². The zero-order valence-electron chi connectivity index (χ0n) is 12.5. The fourth-order valence-corrected chi connectivity index (χ4v) is 7.95. The molecule has 0 atom stereocenters. The fraction of sp³-hybridized carbons (Fsp3) is 0.118. The summed E-state index contributed by atoms with van der Waals surface area (Å²) in [6.07, 6.45) is 0. The molecule has 0 saturated heterocycles. The SMILES string of the molecule is [C-]#[N+]c1ccc([Se][Se]c2ccc(C#N)c(C)c2)cc1C(=O)OC. The summed E-state index contributed by atoms with van der Waals surface area (Å²) >= 11 is 0.440. The van der Waals surface area contributed by atoms with Gasteiger partial charge in [0, 0.05) is 0 Å². The summed E-state index contributed by atoms with van der Waals surface area (Å²) in [7, 11) is 1.32. The first kappa shape index (κ1) is 17.3. The molecule has 0 radical (unpaired) electrons. The van der Waals surface area contributed by atoms with E-state index in [2.05, 4.69) is 17.0 Å². The summed E-state index contributed by atoms with van der Waals surface area (Å²) in [4.78, 5) is 15.1. The Morgan fingerprint density at radius 3 is 2.43 bits per heavy atom. The molecule has 2 rings (SSSR count). The minimum atomic E-state index is -0.477. The van der Waals surface area contributed by atoms with Gasteiger partial charge in [-0.1, -0.05) is 0 Å². The molecule has 6 heteroatoms. The molecule has 0 aromatic heterocycles. The van der Waals surface area contributed by atoms with Crippen LogP contribution in [0.4, 0.5) is 5.69 Å². The summed E-state index contributed by atoms with van der Waals surface area (Å²) in [6.45, 7) is 9.06. The minimum absolute atomic E-state index is 0.191. The van der Waals surface area contributed by atoms with Gasteiger partial charge in [-0.05, 0) is 0 Å². The van der Waals surface area contributed by atoms with Gasteiger partial charge in [0.25, 0.3) is 0 Å². The van der Waals surface area contributed by atoms with Crippen LogP contribution in [0.1, 0.15) is 21.5 Å². The van der Waals surface area contributed by atoms with E-state index in [9.17, 15) is 4.79 Å². The summed E-state index contributed by atoms with van der Waals surface area (Å²) in [5.41, 5.74) is 2.33. The Balaban J connectivity index is 2.18. The quantitative estimate of drug-likeness (QED) is 0.416. The Kier molecular flexibility index (Phi) is 5.99. The average Bonchev–Trinajstić information content (AvgIpc) is 2.59. The molecule has 0 aliphatic carbocycles. The third-order valence-electron chi connectivity index (χ3n) is 3.05. The predicted octanol–water partition coefficient (Wildman–Crippen LogP) is 1.48. The van der Waals surface area contributed by atoms with E-state index in [-0.39, 0.29) is 26.3 Å². The maximum atomic E-state index is 11.8. The van der Waals surface area contributed by atoms with E-state index in [0.29, 0.717) is 16.8 Å². The number of aryl methyl sites for hydroxylation is 1. The number of nitriles is 1. The van der Waals surface area contributed by atoms with Crippen LogP contribution in [0.2, 0.25) is 0 Å². The second-order valence-electron chi connectivity index (χ2n) is 4.54. The molecule has 0 saturated carbocycles. The monoisotopic (exact) mass is 436 g/mol. The number of rotatable bonds is 4. The van der Waals surface area contributed by atoms with Gasteiger partial charge < -0.3 is 0 Å². The number of methoxy groups -OCH3 is 1. The molecule has 2 aromatic rings. The number of hydrogen-bond acceptors (Lipinski definition) is 3. The normalized spacial score (nSPS) is 9.74. The molecule has 0 heterocycles. The van der Waals surface area contributed by atoms with Gasteiger partial charge in [-0.15, -0.1) is 0 Å². The molecule has 0 amide bonds. The summed E-state index contributed by atoms with van der Waals surface area (Å²) in [5, 5.41) is 8.96. The van der Waals surface area contributed by atoms with E-state index in [1.807, 2.05) is 25.1 Å². The second kappa shape index (κ2) is 7.97. The number of benzene rings is 2. The topological polar surface area (TPSA) is 54.5 Å². The van der Waals surface area contributed by atoms with Crippen molar-refractivity contribution in [3.05, 3.63) is 64.5 Å². The van der Waals surface area contributed by atoms with Crippen molar-refractivity contribution >= 4 is 46.8 Å². The number of nitrogens with zero attached hydrogens (tertiary/aromatic N) is 2. The zero-order chi connectivity index (χ0) is 16.8. The molecule has 4 nitrogen and oxygen atoms in total. The first-order valence-electron chi connectivity index (χ1n) is 6.54. The van der Waals surface area contributed by atoms with Crippen molar-refractivity contribution < 1.29 is 9.53 Å². The molecule has 0 aliphatic heterocycles. The van der Waals surface area contributed by atoms with Gasteiger partial charge in [0.15, 0.2) is 0 Å². The van der Waals surface area contributed by atoms with Gasteiger partial charge >= 0.3 is 146 Å². The van der Waals surface area contributed by atoms with Gasteiger partial charge in [-0.3, -0.25) is 0 Å². The van der Waals surface area contributed by atoms with Crippen molar-refractivity contribution in [2.24, 2.45) is 0 Å². The molecular formula is C17H12N2O2Se2. The van der Waals surface area contributed by atoms with Crippen LogP contribution in [0.25, 0.3) is 4.85 Å².